The number of hydrogen-bond donors (Lipinski definition) is 0. The molecule has 0 spiro atoms. The molecule has 2 heterocycles. The minimum Gasteiger partial charge on any atom is -0.293 e. The predicted molar refractivity (Wildman–Crippen MR) is 119 cm³/mol. The molecule has 3 aromatic rings. The highest BCUT2D eigenvalue weighted by Crippen LogP contribution is 2.19. The van der Waals surface area contributed by atoms with Crippen LogP contribution in [0.15, 0.2) is 53.3 Å². The highest BCUT2D eigenvalue weighted by Gasteiger charge is 2.21. The summed E-state index contributed by atoms with van der Waals surface area (Å²) in [6.45, 7) is 6.68. The first-order chi connectivity index (χ1) is 14.7. The van der Waals surface area contributed by atoms with Gasteiger partial charge in [0.15, 0.2) is 0 Å². The number of nitriles is 1. The van der Waals surface area contributed by atoms with E-state index in [1.807, 2.05) is 47.0 Å². The van der Waals surface area contributed by atoms with E-state index >= 15 is 0 Å². The van der Waals surface area contributed by atoms with Gasteiger partial charge in [0.2, 0.25) is 0 Å². The molecule has 0 unspecified atom stereocenters. The Bertz CT molecular complexity index is 1120. The van der Waals surface area contributed by atoms with Crippen molar-refractivity contribution in [2.24, 2.45) is 0 Å². The Morgan fingerprint density at radius 3 is 2.47 bits per heavy atom. The average Bonchev–Trinajstić information content (AvgIpc) is 2.77. The molecule has 154 valence electrons. The SMILES string of the molecule is CCCc1ccccc1-n1c(CN2CCN(CC#N)CC2)nc2ccccc2c1=O. The molecule has 0 radical (unpaired) electrons. The average molecular weight is 402 g/mol. The Morgan fingerprint density at radius 1 is 1.00 bits per heavy atom. The molecular formula is C24H27N5O. The molecule has 0 N–H and O–H groups in total. The Morgan fingerprint density at radius 2 is 1.70 bits per heavy atom. The molecule has 6 nitrogen and oxygen atoms in total. The van der Waals surface area contributed by atoms with Crippen LogP contribution in [-0.4, -0.2) is 52.1 Å². The van der Waals surface area contributed by atoms with E-state index in [1.54, 1.807) is 0 Å². The van der Waals surface area contributed by atoms with Gasteiger partial charge in [-0.15, -0.1) is 0 Å². The first kappa shape index (κ1) is 20.3. The van der Waals surface area contributed by atoms with Crippen molar-refractivity contribution in [1.29, 1.82) is 5.26 Å². The van der Waals surface area contributed by atoms with Gasteiger partial charge in [0.25, 0.3) is 5.56 Å². The number of nitrogens with zero attached hydrogens (tertiary/aromatic N) is 5. The van der Waals surface area contributed by atoms with E-state index < -0.39 is 0 Å². The Kier molecular flexibility index (Phi) is 6.22. The van der Waals surface area contributed by atoms with Gasteiger partial charge in [-0.1, -0.05) is 43.7 Å². The second-order valence-corrected chi connectivity index (χ2v) is 7.77. The van der Waals surface area contributed by atoms with Crippen molar-refractivity contribution in [1.82, 2.24) is 19.4 Å². The Hall–Kier alpha value is -3.01. The molecule has 1 saturated heterocycles. The van der Waals surface area contributed by atoms with Crippen LogP contribution in [0.25, 0.3) is 16.6 Å². The van der Waals surface area contributed by atoms with E-state index in [9.17, 15) is 4.79 Å². The smallest absolute Gasteiger partial charge is 0.266 e. The fourth-order valence-corrected chi connectivity index (χ4v) is 4.15. The Balaban J connectivity index is 1.77. The molecule has 2 aromatic carbocycles. The predicted octanol–water partition coefficient (Wildman–Crippen LogP) is 2.98. The Labute approximate surface area is 177 Å². The van der Waals surface area contributed by atoms with E-state index in [4.69, 9.17) is 10.2 Å². The summed E-state index contributed by atoms with van der Waals surface area (Å²) in [5.74, 6) is 0.774. The van der Waals surface area contributed by atoms with Crippen molar-refractivity contribution < 1.29 is 0 Å². The molecule has 0 amide bonds. The first-order valence-corrected chi connectivity index (χ1v) is 10.6. The molecule has 1 aromatic heterocycles. The lowest BCUT2D eigenvalue weighted by Gasteiger charge is -2.33. The van der Waals surface area contributed by atoms with Gasteiger partial charge >= 0.3 is 0 Å². The second kappa shape index (κ2) is 9.21. The van der Waals surface area contributed by atoms with Gasteiger partial charge < -0.3 is 0 Å². The zero-order valence-electron chi connectivity index (χ0n) is 17.4. The lowest BCUT2D eigenvalue weighted by molar-refractivity contribution is 0.135. The molecule has 1 aliphatic heterocycles. The van der Waals surface area contributed by atoms with Gasteiger partial charge in [-0.3, -0.25) is 19.2 Å². The highest BCUT2D eigenvalue weighted by molar-refractivity contribution is 5.77. The third-order valence-electron chi connectivity index (χ3n) is 5.72. The molecule has 0 saturated carbocycles. The number of fused-ring (bicyclic) bond motifs is 1. The zero-order chi connectivity index (χ0) is 20.9. The van der Waals surface area contributed by atoms with E-state index in [0.29, 0.717) is 18.5 Å². The number of para-hydroxylation sites is 2. The van der Waals surface area contributed by atoms with Gasteiger partial charge in [0.05, 0.1) is 35.7 Å². The third kappa shape index (κ3) is 4.13. The molecule has 4 rings (SSSR count). The van der Waals surface area contributed by atoms with Crippen LogP contribution in [0.4, 0.5) is 0 Å². The highest BCUT2D eigenvalue weighted by atomic mass is 16.1. The minimum absolute atomic E-state index is 0.0118. The zero-order valence-corrected chi connectivity index (χ0v) is 17.4. The summed E-state index contributed by atoms with van der Waals surface area (Å²) in [5, 5.41) is 9.57. The van der Waals surface area contributed by atoms with Gasteiger partial charge in [0, 0.05) is 26.2 Å². The number of rotatable bonds is 6. The van der Waals surface area contributed by atoms with Crippen LogP contribution in [0, 0.1) is 11.3 Å². The maximum atomic E-state index is 13.5. The molecule has 30 heavy (non-hydrogen) atoms. The normalized spacial score (nSPS) is 15.3. The summed E-state index contributed by atoms with van der Waals surface area (Å²) in [6.07, 6.45) is 1.94. The van der Waals surface area contributed by atoms with Crippen LogP contribution in [0.5, 0.6) is 0 Å². The van der Waals surface area contributed by atoms with Crippen molar-refractivity contribution >= 4 is 10.9 Å². The standard InChI is InChI=1S/C24H27N5O/c1-2-7-19-8-3-6-11-22(19)29-23(18-28-16-14-27(13-12-25)15-17-28)26-21-10-5-4-9-20(21)24(29)30/h3-6,8-11H,2,7,13-18H2,1H3. The summed E-state index contributed by atoms with van der Waals surface area (Å²) in [6, 6.07) is 18.0. The van der Waals surface area contributed by atoms with Crippen molar-refractivity contribution in [2.75, 3.05) is 32.7 Å². The summed E-state index contributed by atoms with van der Waals surface area (Å²) >= 11 is 0. The quantitative estimate of drug-likeness (QED) is 0.594. The van der Waals surface area contributed by atoms with Crippen LogP contribution >= 0.6 is 0 Å². The largest absolute Gasteiger partial charge is 0.293 e. The second-order valence-electron chi connectivity index (χ2n) is 7.77. The molecule has 0 aliphatic carbocycles. The summed E-state index contributed by atoms with van der Waals surface area (Å²) < 4.78 is 1.81. The van der Waals surface area contributed by atoms with Gasteiger partial charge in [-0.2, -0.15) is 5.26 Å². The minimum atomic E-state index is -0.0118. The van der Waals surface area contributed by atoms with Crippen LogP contribution in [0.3, 0.4) is 0 Å². The van der Waals surface area contributed by atoms with Crippen LogP contribution in [0.2, 0.25) is 0 Å². The van der Waals surface area contributed by atoms with Crippen molar-refractivity contribution in [2.45, 2.75) is 26.3 Å². The summed E-state index contributed by atoms with van der Waals surface area (Å²) in [5.41, 5.74) is 2.83. The number of aryl methyl sites for hydroxylation is 1. The topological polar surface area (TPSA) is 65.2 Å². The molecular weight excluding hydrogens is 374 g/mol. The fourth-order valence-electron chi connectivity index (χ4n) is 4.15. The van der Waals surface area contributed by atoms with Crippen molar-refractivity contribution in [3.05, 3.63) is 70.3 Å². The lowest BCUT2D eigenvalue weighted by atomic mass is 10.1. The third-order valence-corrected chi connectivity index (χ3v) is 5.72. The van der Waals surface area contributed by atoms with Gasteiger partial charge in [-0.05, 0) is 30.2 Å². The maximum absolute atomic E-state index is 13.5. The van der Waals surface area contributed by atoms with E-state index in [1.165, 1.54) is 5.56 Å². The van der Waals surface area contributed by atoms with Crippen LogP contribution in [0.1, 0.15) is 24.7 Å². The number of aromatic nitrogens is 2. The molecule has 0 atom stereocenters. The summed E-state index contributed by atoms with van der Waals surface area (Å²) in [4.78, 5) is 22.9. The molecule has 1 fully saturated rings. The molecule has 6 heteroatoms. The van der Waals surface area contributed by atoms with E-state index in [2.05, 4.69) is 28.9 Å². The number of benzene rings is 2. The first-order valence-electron chi connectivity index (χ1n) is 10.6. The maximum Gasteiger partial charge on any atom is 0.266 e. The lowest BCUT2D eigenvalue weighted by Crippen LogP contribution is -2.46. The van der Waals surface area contributed by atoms with Gasteiger partial charge in [-0.25, -0.2) is 4.98 Å². The molecule has 0 bridgehead atoms. The monoisotopic (exact) mass is 401 g/mol. The molecule has 1 aliphatic rings. The van der Waals surface area contributed by atoms with Gasteiger partial charge in [0.1, 0.15) is 5.82 Å². The van der Waals surface area contributed by atoms with E-state index in [-0.39, 0.29) is 5.56 Å². The van der Waals surface area contributed by atoms with Crippen molar-refractivity contribution in [3.8, 4) is 11.8 Å². The fraction of sp³-hybridized carbons (Fsp3) is 0.375. The number of hydrogen-bond acceptors (Lipinski definition) is 5. The van der Waals surface area contributed by atoms with Crippen molar-refractivity contribution in [3.63, 3.8) is 0 Å². The van der Waals surface area contributed by atoms with E-state index in [0.717, 1.165) is 56.0 Å². The van der Waals surface area contributed by atoms with Crippen LogP contribution < -0.4 is 5.56 Å². The van der Waals surface area contributed by atoms with Crippen LogP contribution in [-0.2, 0) is 13.0 Å². The summed E-state index contributed by atoms with van der Waals surface area (Å²) in [7, 11) is 0. The number of piperazine rings is 1.